The number of nitrogens with one attached hydrogen (secondary N) is 2. The fourth-order valence-corrected chi connectivity index (χ4v) is 4.21. The van der Waals surface area contributed by atoms with Crippen LogP contribution in [0.15, 0.2) is 16.8 Å². The maximum absolute atomic E-state index is 11.9. The van der Waals surface area contributed by atoms with E-state index in [4.69, 9.17) is 4.74 Å². The monoisotopic (exact) mass is 365 g/mol. The minimum Gasteiger partial charge on any atom is -0.381 e. The number of rotatable bonds is 5. The first-order valence-electron chi connectivity index (χ1n) is 9.11. The summed E-state index contributed by atoms with van der Waals surface area (Å²) in [7, 11) is 0. The Labute approximate surface area is 152 Å². The van der Waals surface area contributed by atoms with E-state index in [2.05, 4.69) is 15.5 Å². The van der Waals surface area contributed by atoms with E-state index < -0.39 is 11.8 Å². The van der Waals surface area contributed by atoms with Crippen molar-refractivity contribution in [2.75, 3.05) is 32.8 Å². The van der Waals surface area contributed by atoms with Crippen LogP contribution in [0.2, 0.25) is 0 Å². The highest BCUT2D eigenvalue weighted by Gasteiger charge is 2.27. The zero-order valence-corrected chi connectivity index (χ0v) is 15.4. The van der Waals surface area contributed by atoms with Crippen molar-refractivity contribution in [3.63, 3.8) is 0 Å². The molecule has 0 aliphatic carbocycles. The Bertz CT molecular complexity index is 550. The molecule has 2 amide bonds. The summed E-state index contributed by atoms with van der Waals surface area (Å²) in [5.41, 5.74) is 1.02. The molecule has 7 heteroatoms. The molecule has 2 aliphatic rings. The molecule has 1 aromatic rings. The Kier molecular flexibility index (Phi) is 6.84. The smallest absolute Gasteiger partial charge is 0.309 e. The van der Waals surface area contributed by atoms with Crippen molar-refractivity contribution in [1.82, 2.24) is 15.5 Å². The van der Waals surface area contributed by atoms with E-state index in [1.54, 1.807) is 11.3 Å². The van der Waals surface area contributed by atoms with Crippen LogP contribution in [-0.4, -0.2) is 55.6 Å². The summed E-state index contributed by atoms with van der Waals surface area (Å²) in [5.74, 6) is -0.613. The molecule has 0 unspecified atom stereocenters. The third-order valence-electron chi connectivity index (χ3n) is 5.15. The van der Waals surface area contributed by atoms with Crippen LogP contribution in [0.5, 0.6) is 0 Å². The molecule has 25 heavy (non-hydrogen) atoms. The van der Waals surface area contributed by atoms with Gasteiger partial charge in [-0.3, -0.25) is 9.59 Å². The highest BCUT2D eigenvalue weighted by molar-refractivity contribution is 7.07. The number of carbonyl (C=O) groups is 2. The predicted octanol–water partition coefficient (Wildman–Crippen LogP) is 1.37. The van der Waals surface area contributed by atoms with Gasteiger partial charge in [0.1, 0.15) is 0 Å². The maximum Gasteiger partial charge on any atom is 0.309 e. The van der Waals surface area contributed by atoms with E-state index in [1.807, 2.05) is 16.8 Å². The first-order chi connectivity index (χ1) is 12.2. The average molecular weight is 365 g/mol. The third-order valence-corrected chi connectivity index (χ3v) is 5.88. The number of nitrogens with zero attached hydrogens (tertiary/aromatic N) is 1. The van der Waals surface area contributed by atoms with Gasteiger partial charge in [-0.25, -0.2) is 0 Å². The minimum atomic E-state index is -0.550. The fourth-order valence-electron chi connectivity index (χ4n) is 3.55. The van der Waals surface area contributed by atoms with E-state index >= 15 is 0 Å². The van der Waals surface area contributed by atoms with Gasteiger partial charge in [0, 0.05) is 32.3 Å². The molecule has 3 rings (SSSR count). The summed E-state index contributed by atoms with van der Waals surface area (Å²) < 4.78 is 5.43. The average Bonchev–Trinajstić information content (AvgIpc) is 3.19. The zero-order valence-electron chi connectivity index (χ0n) is 14.5. The molecule has 2 aliphatic heterocycles. The van der Waals surface area contributed by atoms with Crippen molar-refractivity contribution in [1.29, 1.82) is 0 Å². The van der Waals surface area contributed by atoms with E-state index in [-0.39, 0.29) is 0 Å². The Morgan fingerprint density at radius 1 is 1.12 bits per heavy atom. The Morgan fingerprint density at radius 2 is 1.84 bits per heavy atom. The highest BCUT2D eigenvalue weighted by atomic mass is 32.1. The molecule has 0 saturated carbocycles. The van der Waals surface area contributed by atoms with Crippen molar-refractivity contribution >= 4 is 23.2 Å². The van der Waals surface area contributed by atoms with E-state index in [0.29, 0.717) is 25.0 Å². The minimum absolute atomic E-state index is 0.402. The van der Waals surface area contributed by atoms with Gasteiger partial charge < -0.3 is 20.3 Å². The quantitative estimate of drug-likeness (QED) is 0.773. The summed E-state index contributed by atoms with van der Waals surface area (Å²) in [6.07, 6.45) is 4.42. The number of carbonyl (C=O) groups excluding carboxylic acids is 2. The standard InChI is InChI=1S/C18H27N3O3S/c22-17(18(23)20-12-15-5-10-25-13-15)19-11-14-1-6-21(7-2-14)16-3-8-24-9-4-16/h5,10,13-14,16H,1-4,6-9,11-12H2,(H,19,22)(H,20,23). The third kappa shape index (κ3) is 5.52. The molecule has 0 spiro atoms. The van der Waals surface area contributed by atoms with Crippen LogP contribution in [0.4, 0.5) is 0 Å². The summed E-state index contributed by atoms with van der Waals surface area (Å²) in [4.78, 5) is 26.3. The molecule has 2 N–H and O–H groups in total. The number of thiophene rings is 1. The molecular weight excluding hydrogens is 338 g/mol. The fraction of sp³-hybridized carbons (Fsp3) is 0.667. The molecular formula is C18H27N3O3S. The van der Waals surface area contributed by atoms with Gasteiger partial charge in [-0.05, 0) is 67.1 Å². The number of hydrogen-bond acceptors (Lipinski definition) is 5. The van der Waals surface area contributed by atoms with Crippen molar-refractivity contribution in [3.8, 4) is 0 Å². The molecule has 1 aromatic heterocycles. The molecule has 2 saturated heterocycles. The summed E-state index contributed by atoms with van der Waals surface area (Å²) in [6.45, 7) is 4.90. The number of piperidine rings is 1. The van der Waals surface area contributed by atoms with Crippen LogP contribution >= 0.6 is 11.3 Å². The summed E-state index contributed by atoms with van der Waals surface area (Å²) in [5, 5.41) is 9.36. The van der Waals surface area contributed by atoms with Gasteiger partial charge in [-0.1, -0.05) is 0 Å². The SMILES string of the molecule is O=C(NCc1ccsc1)C(=O)NCC1CCN(C2CCOCC2)CC1. The number of hydrogen-bond donors (Lipinski definition) is 2. The van der Waals surface area contributed by atoms with Gasteiger partial charge in [0.05, 0.1) is 0 Å². The second-order valence-electron chi connectivity index (χ2n) is 6.85. The van der Waals surface area contributed by atoms with Crippen LogP contribution in [0.25, 0.3) is 0 Å². The van der Waals surface area contributed by atoms with Crippen LogP contribution < -0.4 is 10.6 Å². The van der Waals surface area contributed by atoms with Crippen molar-refractivity contribution in [3.05, 3.63) is 22.4 Å². The molecule has 0 aromatic carbocycles. The zero-order chi connectivity index (χ0) is 17.5. The van der Waals surface area contributed by atoms with E-state index in [9.17, 15) is 9.59 Å². The molecule has 0 atom stereocenters. The number of likely N-dealkylation sites (tertiary alicyclic amines) is 1. The van der Waals surface area contributed by atoms with Crippen LogP contribution in [0.3, 0.4) is 0 Å². The molecule has 3 heterocycles. The van der Waals surface area contributed by atoms with Gasteiger partial charge in [0.15, 0.2) is 0 Å². The van der Waals surface area contributed by atoms with Crippen molar-refractivity contribution in [2.45, 2.75) is 38.3 Å². The van der Waals surface area contributed by atoms with Crippen LogP contribution in [0, 0.1) is 5.92 Å². The van der Waals surface area contributed by atoms with E-state index in [1.165, 1.54) is 0 Å². The van der Waals surface area contributed by atoms with Crippen LogP contribution in [0.1, 0.15) is 31.2 Å². The Morgan fingerprint density at radius 3 is 2.52 bits per heavy atom. The molecule has 0 bridgehead atoms. The number of amides is 2. The lowest BCUT2D eigenvalue weighted by Crippen LogP contribution is -2.47. The van der Waals surface area contributed by atoms with Crippen LogP contribution in [-0.2, 0) is 20.9 Å². The highest BCUT2D eigenvalue weighted by Crippen LogP contribution is 2.22. The molecule has 6 nitrogen and oxygen atoms in total. The normalized spacial score (nSPS) is 20.3. The van der Waals surface area contributed by atoms with Gasteiger partial charge in [-0.2, -0.15) is 11.3 Å². The van der Waals surface area contributed by atoms with Gasteiger partial charge in [-0.15, -0.1) is 0 Å². The second kappa shape index (κ2) is 9.31. The van der Waals surface area contributed by atoms with E-state index in [0.717, 1.165) is 57.6 Å². The summed E-state index contributed by atoms with van der Waals surface area (Å²) in [6, 6.07) is 2.60. The second-order valence-corrected chi connectivity index (χ2v) is 7.63. The maximum atomic E-state index is 11.9. The lowest BCUT2D eigenvalue weighted by molar-refractivity contribution is -0.139. The lowest BCUT2D eigenvalue weighted by Gasteiger charge is -2.39. The molecule has 2 fully saturated rings. The summed E-state index contributed by atoms with van der Waals surface area (Å²) >= 11 is 1.58. The first kappa shape index (κ1) is 18.4. The largest absolute Gasteiger partial charge is 0.381 e. The lowest BCUT2D eigenvalue weighted by atomic mass is 9.94. The van der Waals surface area contributed by atoms with Gasteiger partial charge >= 0.3 is 11.8 Å². The Balaban J connectivity index is 1.32. The van der Waals surface area contributed by atoms with Gasteiger partial charge in [0.25, 0.3) is 0 Å². The topological polar surface area (TPSA) is 70.7 Å². The van der Waals surface area contributed by atoms with Crippen molar-refractivity contribution in [2.24, 2.45) is 5.92 Å². The molecule has 0 radical (unpaired) electrons. The first-order valence-corrected chi connectivity index (χ1v) is 10.1. The number of ether oxygens (including phenoxy) is 1. The predicted molar refractivity (Wildman–Crippen MR) is 97.3 cm³/mol. The van der Waals surface area contributed by atoms with Gasteiger partial charge in [0.2, 0.25) is 0 Å². The Hall–Kier alpha value is -1.44. The van der Waals surface area contributed by atoms with Crippen molar-refractivity contribution < 1.29 is 14.3 Å². The molecule has 138 valence electrons.